The average molecular weight is 653 g/mol. The van der Waals surface area contributed by atoms with E-state index in [-0.39, 0.29) is 32.7 Å². The first-order chi connectivity index (χ1) is 22.1. The van der Waals surface area contributed by atoms with Crippen molar-refractivity contribution < 1.29 is 45.0 Å². The van der Waals surface area contributed by atoms with Crippen LogP contribution >= 0.6 is 0 Å². The normalized spacial score (nSPS) is 11.6. The molecule has 0 atom stereocenters. The molecule has 0 amide bonds. The molecule has 0 saturated heterocycles. The number of aromatic carboxylic acids is 1. The summed E-state index contributed by atoms with van der Waals surface area (Å²) in [5, 5.41) is 56.4. The van der Waals surface area contributed by atoms with Crippen molar-refractivity contribution in [3.05, 3.63) is 35.9 Å². The van der Waals surface area contributed by atoms with Gasteiger partial charge in [0.2, 0.25) is 0 Å². The number of aliphatic hydroxyl groups is 3. The van der Waals surface area contributed by atoms with Gasteiger partial charge in [0.05, 0.1) is 18.8 Å². The Hall–Kier alpha value is -2.49. The van der Waals surface area contributed by atoms with Gasteiger partial charge in [-0.15, -0.1) is 0 Å². The molecule has 1 aromatic rings. The summed E-state index contributed by atoms with van der Waals surface area (Å²) in [5.74, 6) is -2.30. The highest BCUT2D eigenvalue weighted by Gasteiger charge is 2.46. The number of carbonyl (C=O) groups is 3. The van der Waals surface area contributed by atoms with Crippen LogP contribution in [0.4, 0.5) is 0 Å². The van der Waals surface area contributed by atoms with Crippen LogP contribution in [0.2, 0.25) is 0 Å². The fraction of sp³-hybridized carbons (Fsp3) is 0.757. The lowest BCUT2D eigenvalue weighted by atomic mass is 9.60. The monoisotopic (exact) mass is 652 g/mol. The first kappa shape index (κ1) is 43.5. The molecule has 0 spiro atoms. The highest BCUT2D eigenvalue weighted by atomic mass is 16.4. The molecule has 0 aliphatic heterocycles. The number of carboxylic acids is 3. The van der Waals surface area contributed by atoms with Crippen molar-refractivity contribution in [1.29, 1.82) is 0 Å². The van der Waals surface area contributed by atoms with Crippen molar-refractivity contribution in [3.63, 3.8) is 0 Å². The van der Waals surface area contributed by atoms with E-state index in [1.807, 2.05) is 6.92 Å². The van der Waals surface area contributed by atoms with Gasteiger partial charge in [-0.1, -0.05) is 128 Å². The van der Waals surface area contributed by atoms with Crippen LogP contribution in [0.3, 0.4) is 0 Å². The van der Waals surface area contributed by atoms with E-state index in [1.54, 1.807) is 30.3 Å². The van der Waals surface area contributed by atoms with Gasteiger partial charge in [-0.3, -0.25) is 9.59 Å². The summed E-state index contributed by atoms with van der Waals surface area (Å²) in [6, 6.07) is 8.30. The zero-order valence-corrected chi connectivity index (χ0v) is 28.5. The molecule has 266 valence electrons. The molecule has 0 bridgehead atoms. The van der Waals surface area contributed by atoms with Crippen molar-refractivity contribution in [1.82, 2.24) is 0 Å². The van der Waals surface area contributed by atoms with E-state index in [4.69, 9.17) is 15.3 Å². The topological polar surface area (TPSA) is 173 Å². The van der Waals surface area contributed by atoms with Crippen molar-refractivity contribution in [2.45, 2.75) is 148 Å². The molecule has 46 heavy (non-hydrogen) atoms. The lowest BCUT2D eigenvalue weighted by molar-refractivity contribution is -0.138. The molecule has 0 fully saturated rings. The minimum Gasteiger partial charge on any atom is -0.481 e. The Labute approximate surface area is 277 Å². The average Bonchev–Trinajstić information content (AvgIpc) is 3.05. The number of carboxylic acid groups (broad SMARTS) is 3. The standard InChI is InChI=1S/C30H58O7.C7H6O2/c1-29(24-31,25-32)30(26-33,22-18-14-10-6-2-4-8-12-16-20-27(34)35)23-19-15-11-7-3-5-9-13-17-21-28(36)37;8-7(9)6-4-2-1-3-5-6/h31-33H,2-26H2,1H3,(H,34,35)(H,36,37);1-5H,(H,8,9). The van der Waals surface area contributed by atoms with E-state index in [0.717, 1.165) is 103 Å². The molecular weight excluding hydrogens is 588 g/mol. The van der Waals surface area contributed by atoms with Gasteiger partial charge in [0.1, 0.15) is 0 Å². The van der Waals surface area contributed by atoms with Crippen LogP contribution in [-0.2, 0) is 9.59 Å². The molecule has 0 radical (unpaired) electrons. The van der Waals surface area contributed by atoms with Crippen LogP contribution in [0, 0.1) is 10.8 Å². The molecule has 0 aromatic heterocycles. The number of aliphatic carboxylic acids is 2. The minimum atomic E-state index is -0.879. The van der Waals surface area contributed by atoms with E-state index in [0.29, 0.717) is 5.56 Å². The summed E-state index contributed by atoms with van der Waals surface area (Å²) in [5.41, 5.74) is -0.837. The van der Waals surface area contributed by atoms with E-state index < -0.39 is 28.7 Å². The van der Waals surface area contributed by atoms with Gasteiger partial charge in [0, 0.05) is 30.3 Å². The number of benzene rings is 1. The molecular formula is C37H64O9. The van der Waals surface area contributed by atoms with E-state index in [2.05, 4.69) is 0 Å². The highest BCUT2D eigenvalue weighted by Crippen LogP contribution is 2.47. The second-order valence-electron chi connectivity index (χ2n) is 13.1. The van der Waals surface area contributed by atoms with Gasteiger partial charge in [-0.25, -0.2) is 4.79 Å². The SMILES string of the molecule is CC(CO)(CO)C(CO)(CCCCCCCCCCCC(=O)O)CCCCCCCCCCCC(=O)O.O=C(O)c1ccccc1. The van der Waals surface area contributed by atoms with Gasteiger partial charge in [0.15, 0.2) is 0 Å². The summed E-state index contributed by atoms with van der Waals surface area (Å²) in [7, 11) is 0. The molecule has 0 saturated carbocycles. The first-order valence-electron chi connectivity index (χ1n) is 17.6. The predicted molar refractivity (Wildman–Crippen MR) is 182 cm³/mol. The molecule has 0 aliphatic rings. The number of hydrogen-bond acceptors (Lipinski definition) is 6. The maximum Gasteiger partial charge on any atom is 0.335 e. The minimum absolute atomic E-state index is 0.0166. The Balaban J connectivity index is 0.00000191. The Kier molecular flexibility index (Phi) is 26.1. The molecule has 1 rings (SSSR count). The Morgan fingerprint density at radius 2 is 0.826 bits per heavy atom. The van der Waals surface area contributed by atoms with Crippen LogP contribution in [0.1, 0.15) is 159 Å². The van der Waals surface area contributed by atoms with E-state index in [1.165, 1.54) is 25.7 Å². The third-order valence-electron chi connectivity index (χ3n) is 9.39. The lowest BCUT2D eigenvalue weighted by Gasteiger charge is -2.46. The smallest absolute Gasteiger partial charge is 0.335 e. The van der Waals surface area contributed by atoms with Gasteiger partial charge < -0.3 is 30.6 Å². The fourth-order valence-corrected chi connectivity index (χ4v) is 6.00. The molecule has 9 nitrogen and oxygen atoms in total. The Morgan fingerprint density at radius 3 is 1.09 bits per heavy atom. The Morgan fingerprint density at radius 1 is 0.500 bits per heavy atom. The third kappa shape index (κ3) is 20.6. The second kappa shape index (κ2) is 27.6. The van der Waals surface area contributed by atoms with Crippen LogP contribution < -0.4 is 0 Å². The second-order valence-corrected chi connectivity index (χ2v) is 13.1. The zero-order valence-electron chi connectivity index (χ0n) is 28.5. The molecule has 1 aromatic carbocycles. The summed E-state index contributed by atoms with van der Waals surface area (Å²) < 4.78 is 0. The van der Waals surface area contributed by atoms with Crippen molar-refractivity contribution >= 4 is 17.9 Å². The quantitative estimate of drug-likeness (QED) is 0.0468. The van der Waals surface area contributed by atoms with Crippen LogP contribution in [0.5, 0.6) is 0 Å². The zero-order chi connectivity index (χ0) is 34.5. The largest absolute Gasteiger partial charge is 0.481 e. The summed E-state index contributed by atoms with van der Waals surface area (Å²) in [6.07, 6.45) is 21.3. The summed E-state index contributed by atoms with van der Waals surface area (Å²) in [6.45, 7) is 1.62. The number of unbranched alkanes of at least 4 members (excludes halogenated alkanes) is 16. The first-order valence-corrected chi connectivity index (χ1v) is 17.6. The lowest BCUT2D eigenvalue weighted by Crippen LogP contribution is -2.48. The molecule has 0 heterocycles. The van der Waals surface area contributed by atoms with E-state index in [9.17, 15) is 29.7 Å². The van der Waals surface area contributed by atoms with Crippen molar-refractivity contribution in [3.8, 4) is 0 Å². The summed E-state index contributed by atoms with van der Waals surface area (Å²) >= 11 is 0. The third-order valence-corrected chi connectivity index (χ3v) is 9.39. The Bertz CT molecular complexity index is 863. The molecule has 9 heteroatoms. The predicted octanol–water partition coefficient (Wildman–Crippen LogP) is 8.09. The van der Waals surface area contributed by atoms with E-state index >= 15 is 0 Å². The molecule has 0 aliphatic carbocycles. The van der Waals surface area contributed by atoms with Crippen molar-refractivity contribution in [2.24, 2.45) is 10.8 Å². The van der Waals surface area contributed by atoms with Crippen LogP contribution in [0.15, 0.2) is 30.3 Å². The van der Waals surface area contributed by atoms with Gasteiger partial charge >= 0.3 is 17.9 Å². The number of hydrogen-bond donors (Lipinski definition) is 6. The van der Waals surface area contributed by atoms with Gasteiger partial charge in [-0.2, -0.15) is 0 Å². The van der Waals surface area contributed by atoms with Gasteiger partial charge in [0.25, 0.3) is 0 Å². The number of aliphatic hydroxyl groups excluding tert-OH is 3. The number of rotatable bonds is 29. The maximum absolute atomic E-state index is 10.5. The highest BCUT2D eigenvalue weighted by molar-refractivity contribution is 5.87. The van der Waals surface area contributed by atoms with Crippen LogP contribution in [0.25, 0.3) is 0 Å². The van der Waals surface area contributed by atoms with Gasteiger partial charge in [-0.05, 0) is 37.8 Å². The van der Waals surface area contributed by atoms with Crippen molar-refractivity contribution in [2.75, 3.05) is 19.8 Å². The van der Waals surface area contributed by atoms with Crippen LogP contribution in [-0.4, -0.2) is 68.4 Å². The molecule has 0 unspecified atom stereocenters. The fourth-order valence-electron chi connectivity index (χ4n) is 6.00. The maximum atomic E-state index is 10.5. The molecule has 6 N–H and O–H groups in total. The summed E-state index contributed by atoms with van der Waals surface area (Å²) in [4.78, 5) is 31.3.